The van der Waals surface area contributed by atoms with Crippen molar-refractivity contribution >= 4 is 17.3 Å². The van der Waals surface area contributed by atoms with Crippen LogP contribution in [0, 0.1) is 6.92 Å². The molecule has 5 heteroatoms. The molecule has 22 heavy (non-hydrogen) atoms. The molecule has 1 N–H and O–H groups in total. The van der Waals surface area contributed by atoms with Crippen LogP contribution in [0.2, 0.25) is 0 Å². The van der Waals surface area contributed by atoms with Crippen LogP contribution < -0.4 is 5.32 Å². The molecule has 0 fully saturated rings. The van der Waals surface area contributed by atoms with E-state index in [2.05, 4.69) is 63.7 Å². The summed E-state index contributed by atoms with van der Waals surface area (Å²) in [5.41, 5.74) is 3.63. The van der Waals surface area contributed by atoms with Crippen molar-refractivity contribution in [3.05, 3.63) is 51.5 Å². The number of hydrogen-bond donors (Lipinski definition) is 1. The largest absolute Gasteiger partial charge is 0.351 e. The number of thiazole rings is 1. The van der Waals surface area contributed by atoms with E-state index in [1.54, 1.807) is 11.3 Å². The van der Waals surface area contributed by atoms with Crippen LogP contribution in [0.15, 0.2) is 34.6 Å². The lowest BCUT2D eigenvalue weighted by atomic mass is 10.1. The minimum atomic E-state index is 0.710. The first kappa shape index (κ1) is 16.5. The normalized spacial score (nSPS) is 11.5. The van der Waals surface area contributed by atoms with Crippen LogP contribution in [0.3, 0.4) is 0 Å². The van der Waals surface area contributed by atoms with E-state index in [1.807, 2.05) is 14.1 Å². The van der Waals surface area contributed by atoms with Gasteiger partial charge in [-0.1, -0.05) is 36.8 Å². The molecular formula is C17H24N4S. The smallest absolute Gasteiger partial charge is 0.194 e. The predicted molar refractivity (Wildman–Crippen MR) is 94.3 cm³/mol. The third-order valence-electron chi connectivity index (χ3n) is 3.44. The molecule has 0 saturated heterocycles. The zero-order valence-electron chi connectivity index (χ0n) is 13.8. The second-order valence-electron chi connectivity index (χ2n) is 5.33. The van der Waals surface area contributed by atoms with E-state index in [1.165, 1.54) is 16.1 Å². The van der Waals surface area contributed by atoms with E-state index in [9.17, 15) is 0 Å². The van der Waals surface area contributed by atoms with E-state index in [-0.39, 0.29) is 0 Å². The third kappa shape index (κ3) is 4.56. The number of nitrogens with zero attached hydrogens (tertiary/aromatic N) is 3. The molecule has 0 spiro atoms. The van der Waals surface area contributed by atoms with Gasteiger partial charge in [-0.15, -0.1) is 11.3 Å². The van der Waals surface area contributed by atoms with Gasteiger partial charge in [0.05, 0.1) is 17.2 Å². The number of guanidine groups is 1. The highest BCUT2D eigenvalue weighted by molar-refractivity contribution is 7.09. The minimum absolute atomic E-state index is 0.710. The molecule has 4 nitrogen and oxygen atoms in total. The average Bonchev–Trinajstić information content (AvgIpc) is 2.98. The maximum absolute atomic E-state index is 4.57. The monoisotopic (exact) mass is 316 g/mol. The van der Waals surface area contributed by atoms with Crippen LogP contribution in [0.1, 0.15) is 28.8 Å². The summed E-state index contributed by atoms with van der Waals surface area (Å²) >= 11 is 1.72. The molecule has 0 saturated carbocycles. The Kier molecular flexibility index (Phi) is 5.95. The van der Waals surface area contributed by atoms with E-state index in [4.69, 9.17) is 0 Å². The summed E-state index contributed by atoms with van der Waals surface area (Å²) in [6.45, 7) is 5.77. The molecule has 1 heterocycles. The number of aryl methyl sites for hydroxylation is 2. The molecule has 0 unspecified atom stereocenters. The van der Waals surface area contributed by atoms with Gasteiger partial charge in [-0.2, -0.15) is 0 Å². The van der Waals surface area contributed by atoms with Crippen molar-refractivity contribution in [3.8, 4) is 0 Å². The zero-order chi connectivity index (χ0) is 15.9. The molecule has 0 amide bonds. The van der Waals surface area contributed by atoms with Gasteiger partial charge in [-0.3, -0.25) is 4.99 Å². The highest BCUT2D eigenvalue weighted by atomic mass is 32.1. The van der Waals surface area contributed by atoms with Gasteiger partial charge in [0, 0.05) is 26.0 Å². The van der Waals surface area contributed by atoms with Crippen molar-refractivity contribution in [1.82, 2.24) is 15.2 Å². The minimum Gasteiger partial charge on any atom is -0.351 e. The average molecular weight is 316 g/mol. The van der Waals surface area contributed by atoms with Crippen LogP contribution in [0.4, 0.5) is 0 Å². The number of aliphatic imine (C=N–C) groups is 1. The summed E-state index contributed by atoms with van der Waals surface area (Å²) in [5.74, 6) is 0.881. The molecule has 2 aromatic rings. The molecular weight excluding hydrogens is 292 g/mol. The summed E-state index contributed by atoms with van der Waals surface area (Å²) in [6, 6.07) is 8.60. The predicted octanol–water partition coefficient (Wildman–Crippen LogP) is 3.22. The van der Waals surface area contributed by atoms with Gasteiger partial charge in [0.2, 0.25) is 0 Å². The van der Waals surface area contributed by atoms with Gasteiger partial charge >= 0.3 is 0 Å². The third-order valence-corrected chi connectivity index (χ3v) is 4.49. The lowest BCUT2D eigenvalue weighted by Crippen LogP contribution is -2.38. The molecule has 0 aliphatic heterocycles. The molecule has 0 radical (unpaired) electrons. The first-order valence-corrected chi connectivity index (χ1v) is 8.41. The van der Waals surface area contributed by atoms with Gasteiger partial charge in [0.1, 0.15) is 0 Å². The lowest BCUT2D eigenvalue weighted by molar-refractivity contribution is 0.476. The Hall–Kier alpha value is -1.88. The van der Waals surface area contributed by atoms with Crippen LogP contribution in [-0.2, 0) is 19.5 Å². The van der Waals surface area contributed by atoms with Crippen molar-refractivity contribution in [3.63, 3.8) is 0 Å². The van der Waals surface area contributed by atoms with Crippen molar-refractivity contribution in [2.45, 2.75) is 33.4 Å². The van der Waals surface area contributed by atoms with Crippen molar-refractivity contribution in [2.24, 2.45) is 4.99 Å². The molecule has 1 aromatic carbocycles. The standard InChI is InChI=1S/C17H24N4S/c1-5-16-20-15(12-22-16)10-19-17(18-3)21(4)11-14-8-6-13(2)7-9-14/h6-9,12H,5,10-11H2,1-4H3,(H,18,19). The van der Waals surface area contributed by atoms with E-state index in [0.29, 0.717) is 6.54 Å². The Balaban J connectivity index is 1.91. The van der Waals surface area contributed by atoms with Crippen molar-refractivity contribution in [2.75, 3.05) is 14.1 Å². The van der Waals surface area contributed by atoms with Gasteiger partial charge in [-0.05, 0) is 18.9 Å². The van der Waals surface area contributed by atoms with Gasteiger partial charge in [-0.25, -0.2) is 4.98 Å². The second-order valence-corrected chi connectivity index (χ2v) is 6.27. The highest BCUT2D eigenvalue weighted by Gasteiger charge is 2.08. The van der Waals surface area contributed by atoms with E-state index in [0.717, 1.165) is 24.6 Å². The Morgan fingerprint density at radius 3 is 2.64 bits per heavy atom. The molecule has 0 aliphatic carbocycles. The quantitative estimate of drug-likeness (QED) is 0.680. The van der Waals surface area contributed by atoms with Crippen LogP contribution in [0.25, 0.3) is 0 Å². The molecule has 2 rings (SSSR count). The Labute approximate surface area is 136 Å². The molecule has 1 aromatic heterocycles. The second kappa shape index (κ2) is 7.94. The van der Waals surface area contributed by atoms with E-state index < -0.39 is 0 Å². The topological polar surface area (TPSA) is 40.5 Å². The van der Waals surface area contributed by atoms with Gasteiger partial charge < -0.3 is 10.2 Å². The van der Waals surface area contributed by atoms with E-state index >= 15 is 0 Å². The fraction of sp³-hybridized carbons (Fsp3) is 0.412. The lowest BCUT2D eigenvalue weighted by Gasteiger charge is -2.22. The summed E-state index contributed by atoms with van der Waals surface area (Å²) in [6.07, 6.45) is 0.993. The van der Waals surface area contributed by atoms with Crippen LogP contribution >= 0.6 is 11.3 Å². The summed E-state index contributed by atoms with van der Waals surface area (Å²) < 4.78 is 0. The van der Waals surface area contributed by atoms with Crippen molar-refractivity contribution < 1.29 is 0 Å². The first-order chi connectivity index (χ1) is 10.6. The van der Waals surface area contributed by atoms with Crippen LogP contribution in [0.5, 0.6) is 0 Å². The molecule has 0 aliphatic rings. The maximum Gasteiger partial charge on any atom is 0.194 e. The number of rotatable bonds is 5. The Morgan fingerprint density at radius 2 is 2.05 bits per heavy atom. The highest BCUT2D eigenvalue weighted by Crippen LogP contribution is 2.10. The fourth-order valence-corrected chi connectivity index (χ4v) is 2.93. The SMILES string of the molecule is CCc1nc(CNC(=NC)N(C)Cc2ccc(C)cc2)cs1. The first-order valence-electron chi connectivity index (χ1n) is 7.53. The van der Waals surface area contributed by atoms with Gasteiger partial charge in [0.15, 0.2) is 5.96 Å². The maximum atomic E-state index is 4.57. The number of benzene rings is 1. The summed E-state index contributed by atoms with van der Waals surface area (Å²) in [4.78, 5) is 11.0. The van der Waals surface area contributed by atoms with Crippen molar-refractivity contribution in [1.29, 1.82) is 0 Å². The van der Waals surface area contributed by atoms with Crippen LogP contribution in [-0.4, -0.2) is 29.9 Å². The zero-order valence-corrected chi connectivity index (χ0v) is 14.6. The summed E-state index contributed by atoms with van der Waals surface area (Å²) in [7, 11) is 3.86. The Morgan fingerprint density at radius 1 is 1.32 bits per heavy atom. The molecule has 0 atom stereocenters. The number of hydrogen-bond acceptors (Lipinski definition) is 3. The fourth-order valence-electron chi connectivity index (χ4n) is 2.19. The molecule has 0 bridgehead atoms. The molecule has 118 valence electrons. The van der Waals surface area contributed by atoms with Gasteiger partial charge in [0.25, 0.3) is 0 Å². The Bertz CT molecular complexity index is 616. The number of aromatic nitrogens is 1. The summed E-state index contributed by atoms with van der Waals surface area (Å²) in [5, 5.41) is 6.67. The number of nitrogens with one attached hydrogen (secondary N) is 1.